The van der Waals surface area contributed by atoms with Crippen molar-refractivity contribution in [1.82, 2.24) is 14.5 Å². The molecule has 0 atom stereocenters. The van der Waals surface area contributed by atoms with Gasteiger partial charge in [0.2, 0.25) is 15.9 Å². The molecule has 2 rings (SSSR count). The Morgan fingerprint density at radius 3 is 2.15 bits per heavy atom. The van der Waals surface area contributed by atoms with E-state index < -0.39 is 10.0 Å². The van der Waals surface area contributed by atoms with E-state index in [0.717, 1.165) is 26.2 Å². The first kappa shape index (κ1) is 15.7. The number of nitrogens with zero attached hydrogens (tertiary/aromatic N) is 2. The van der Waals surface area contributed by atoms with Crippen molar-refractivity contribution in [1.29, 1.82) is 0 Å². The third-order valence-corrected chi connectivity index (χ3v) is 6.46. The molecule has 0 saturated carbocycles. The highest BCUT2D eigenvalue weighted by Crippen LogP contribution is 2.23. The number of carbonyl (C=O) groups is 1. The summed E-state index contributed by atoms with van der Waals surface area (Å²) in [7, 11) is -3.18. The van der Waals surface area contributed by atoms with Crippen LogP contribution in [0.25, 0.3) is 0 Å². The molecule has 0 radical (unpaired) electrons. The van der Waals surface area contributed by atoms with E-state index in [1.54, 1.807) is 18.2 Å². The summed E-state index contributed by atoms with van der Waals surface area (Å²) in [5.74, 6) is 0.194. The average Bonchev–Trinajstić information content (AvgIpc) is 2.47. The van der Waals surface area contributed by atoms with Gasteiger partial charge in [-0.2, -0.15) is 0 Å². The van der Waals surface area contributed by atoms with Crippen LogP contribution in [-0.4, -0.2) is 68.0 Å². The van der Waals surface area contributed by atoms with Crippen molar-refractivity contribution in [3.8, 4) is 0 Å². The lowest BCUT2D eigenvalue weighted by atomic mass is 9.96. The lowest BCUT2D eigenvalue weighted by Gasteiger charge is -2.35. The molecule has 2 saturated heterocycles. The first-order valence-corrected chi connectivity index (χ1v) is 8.91. The van der Waals surface area contributed by atoms with Crippen LogP contribution in [-0.2, 0) is 14.8 Å². The molecule has 7 heteroatoms. The van der Waals surface area contributed by atoms with E-state index in [2.05, 4.69) is 5.32 Å². The monoisotopic (exact) mass is 303 g/mol. The molecule has 2 heterocycles. The van der Waals surface area contributed by atoms with Gasteiger partial charge in [0.1, 0.15) is 0 Å². The van der Waals surface area contributed by atoms with Gasteiger partial charge < -0.3 is 10.2 Å². The van der Waals surface area contributed by atoms with Gasteiger partial charge in [-0.3, -0.25) is 4.79 Å². The fraction of sp³-hybridized carbons (Fsp3) is 0.923. The van der Waals surface area contributed by atoms with Crippen LogP contribution in [0.2, 0.25) is 0 Å². The van der Waals surface area contributed by atoms with E-state index in [4.69, 9.17) is 0 Å². The molecule has 0 aromatic carbocycles. The smallest absolute Gasteiger partial charge is 0.225 e. The summed E-state index contributed by atoms with van der Waals surface area (Å²) in [5.41, 5.74) is 0. The van der Waals surface area contributed by atoms with Crippen LogP contribution in [0.5, 0.6) is 0 Å². The number of sulfonamides is 1. The maximum atomic E-state index is 12.4. The standard InChI is InChI=1S/C13H25N3O3S/c1-11(2)20(18,19)16-7-3-12(4-8-16)13(17)15-9-5-14-6-10-15/h11-12,14H,3-10H2,1-2H3. The van der Waals surface area contributed by atoms with E-state index >= 15 is 0 Å². The van der Waals surface area contributed by atoms with Crippen LogP contribution in [0.3, 0.4) is 0 Å². The van der Waals surface area contributed by atoms with Crippen molar-refractivity contribution in [2.75, 3.05) is 39.3 Å². The second-order valence-corrected chi connectivity index (χ2v) is 8.33. The third-order valence-electron chi connectivity index (χ3n) is 4.19. The van der Waals surface area contributed by atoms with Gasteiger partial charge in [0, 0.05) is 45.2 Å². The van der Waals surface area contributed by atoms with Crippen molar-refractivity contribution in [2.24, 2.45) is 5.92 Å². The predicted molar refractivity (Wildman–Crippen MR) is 77.8 cm³/mol. The Hall–Kier alpha value is -0.660. The molecule has 0 aliphatic carbocycles. The highest BCUT2D eigenvalue weighted by atomic mass is 32.2. The number of piperazine rings is 1. The lowest BCUT2D eigenvalue weighted by molar-refractivity contribution is -0.137. The van der Waals surface area contributed by atoms with Gasteiger partial charge >= 0.3 is 0 Å². The van der Waals surface area contributed by atoms with Crippen LogP contribution in [0.4, 0.5) is 0 Å². The van der Waals surface area contributed by atoms with E-state index in [-0.39, 0.29) is 17.1 Å². The minimum Gasteiger partial charge on any atom is -0.340 e. The SMILES string of the molecule is CC(C)S(=O)(=O)N1CCC(C(=O)N2CCNCC2)CC1. The van der Waals surface area contributed by atoms with Gasteiger partial charge in [-0.05, 0) is 26.7 Å². The minimum absolute atomic E-state index is 0.00767. The number of rotatable bonds is 3. The molecule has 0 bridgehead atoms. The van der Waals surface area contributed by atoms with Gasteiger partial charge in [0.15, 0.2) is 0 Å². The number of amides is 1. The highest BCUT2D eigenvalue weighted by Gasteiger charge is 2.34. The quantitative estimate of drug-likeness (QED) is 0.788. The average molecular weight is 303 g/mol. The minimum atomic E-state index is -3.18. The Kier molecular flexibility index (Phi) is 5.04. The first-order valence-electron chi connectivity index (χ1n) is 7.41. The zero-order chi connectivity index (χ0) is 14.8. The van der Waals surface area contributed by atoms with E-state index in [1.165, 1.54) is 0 Å². The van der Waals surface area contributed by atoms with Gasteiger partial charge in [0.05, 0.1) is 5.25 Å². The van der Waals surface area contributed by atoms with Crippen LogP contribution < -0.4 is 5.32 Å². The summed E-state index contributed by atoms with van der Waals surface area (Å²) in [6.07, 6.45) is 1.30. The normalized spacial score (nSPS) is 23.2. The Bertz CT molecular complexity index is 436. The molecule has 0 aromatic heterocycles. The van der Waals surface area contributed by atoms with Crippen molar-refractivity contribution in [2.45, 2.75) is 31.9 Å². The highest BCUT2D eigenvalue weighted by molar-refractivity contribution is 7.89. The molecule has 2 aliphatic rings. The topological polar surface area (TPSA) is 69.7 Å². The van der Waals surface area contributed by atoms with Crippen LogP contribution in [0.1, 0.15) is 26.7 Å². The molecule has 2 aliphatic heterocycles. The molecule has 6 nitrogen and oxygen atoms in total. The molecule has 116 valence electrons. The maximum absolute atomic E-state index is 12.4. The van der Waals surface area contributed by atoms with E-state index in [9.17, 15) is 13.2 Å². The molecular formula is C13H25N3O3S. The predicted octanol–water partition coefficient (Wildman–Crippen LogP) is -0.132. The summed E-state index contributed by atoms with van der Waals surface area (Å²) in [4.78, 5) is 14.3. The number of carbonyl (C=O) groups excluding carboxylic acids is 1. The van der Waals surface area contributed by atoms with Crippen LogP contribution in [0.15, 0.2) is 0 Å². The Balaban J connectivity index is 1.89. The molecule has 20 heavy (non-hydrogen) atoms. The Labute approximate surface area is 121 Å². The summed E-state index contributed by atoms with van der Waals surface area (Å²) >= 11 is 0. The lowest BCUT2D eigenvalue weighted by Crippen LogP contribution is -2.51. The van der Waals surface area contributed by atoms with Crippen molar-refractivity contribution >= 4 is 15.9 Å². The second-order valence-electron chi connectivity index (χ2n) is 5.84. The third kappa shape index (κ3) is 3.32. The molecule has 0 unspecified atom stereocenters. The number of piperidine rings is 1. The number of nitrogens with one attached hydrogen (secondary N) is 1. The largest absolute Gasteiger partial charge is 0.340 e. The first-order chi connectivity index (χ1) is 9.43. The fourth-order valence-electron chi connectivity index (χ4n) is 2.80. The van der Waals surface area contributed by atoms with E-state index in [0.29, 0.717) is 25.9 Å². The zero-order valence-electron chi connectivity index (χ0n) is 12.3. The summed E-state index contributed by atoms with van der Waals surface area (Å²) in [5, 5.41) is 2.84. The molecule has 1 N–H and O–H groups in total. The fourth-order valence-corrected chi connectivity index (χ4v) is 4.11. The molecule has 1 amide bonds. The van der Waals surface area contributed by atoms with Gasteiger partial charge in [0.25, 0.3) is 0 Å². The zero-order valence-corrected chi connectivity index (χ0v) is 13.2. The second kappa shape index (κ2) is 6.41. The van der Waals surface area contributed by atoms with Crippen molar-refractivity contribution < 1.29 is 13.2 Å². The summed E-state index contributed by atoms with van der Waals surface area (Å²) in [6, 6.07) is 0. The van der Waals surface area contributed by atoms with Gasteiger partial charge in [-0.25, -0.2) is 12.7 Å². The van der Waals surface area contributed by atoms with Crippen LogP contribution >= 0.6 is 0 Å². The Morgan fingerprint density at radius 2 is 1.65 bits per heavy atom. The van der Waals surface area contributed by atoms with E-state index in [1.807, 2.05) is 4.90 Å². The van der Waals surface area contributed by atoms with Gasteiger partial charge in [-0.1, -0.05) is 0 Å². The van der Waals surface area contributed by atoms with Gasteiger partial charge in [-0.15, -0.1) is 0 Å². The number of hydrogen-bond acceptors (Lipinski definition) is 4. The van der Waals surface area contributed by atoms with Crippen molar-refractivity contribution in [3.05, 3.63) is 0 Å². The summed E-state index contributed by atoms with van der Waals surface area (Å²) < 4.78 is 25.7. The number of hydrogen-bond donors (Lipinski definition) is 1. The molecule has 0 aromatic rings. The molecular weight excluding hydrogens is 278 g/mol. The van der Waals surface area contributed by atoms with Crippen LogP contribution in [0, 0.1) is 5.92 Å². The van der Waals surface area contributed by atoms with Crippen molar-refractivity contribution in [3.63, 3.8) is 0 Å². The Morgan fingerprint density at radius 1 is 1.10 bits per heavy atom. The molecule has 0 spiro atoms. The molecule has 2 fully saturated rings. The summed E-state index contributed by atoms with van der Waals surface area (Å²) in [6.45, 7) is 7.60. The maximum Gasteiger partial charge on any atom is 0.225 e.